The lowest BCUT2D eigenvalue weighted by Gasteiger charge is -2.39. The molecule has 2 aliphatic rings. The molecule has 0 bridgehead atoms. The number of ether oxygens (including phenoxy) is 1. The molecule has 1 saturated heterocycles. The summed E-state index contributed by atoms with van der Waals surface area (Å²) in [6.07, 6.45) is 3.58. The highest BCUT2D eigenvalue weighted by Crippen LogP contribution is 2.38. The highest BCUT2D eigenvalue weighted by Gasteiger charge is 2.40. The molecule has 2 fully saturated rings. The van der Waals surface area contributed by atoms with E-state index in [0.29, 0.717) is 23.9 Å². The number of methoxy groups -OCH3 is 1. The first-order valence-electron chi connectivity index (χ1n) is 8.53. The van der Waals surface area contributed by atoms with Crippen LogP contribution < -0.4 is 4.72 Å². The Labute approximate surface area is 153 Å². The summed E-state index contributed by atoms with van der Waals surface area (Å²) >= 11 is 5.90. The summed E-state index contributed by atoms with van der Waals surface area (Å²) in [4.78, 5) is 11.9. The molecular formula is C17H23ClN2O4S. The average molecular weight is 387 g/mol. The molecule has 8 heteroatoms. The number of hydrogen-bond acceptors (Lipinski definition) is 4. The predicted octanol–water partition coefficient (Wildman–Crippen LogP) is 2.45. The van der Waals surface area contributed by atoms with Gasteiger partial charge in [-0.2, -0.15) is 17.4 Å². The zero-order valence-corrected chi connectivity index (χ0v) is 15.7. The third-order valence-corrected chi connectivity index (χ3v) is 6.97. The minimum Gasteiger partial charge on any atom is -0.468 e. The van der Waals surface area contributed by atoms with Crippen molar-refractivity contribution in [2.75, 3.05) is 13.7 Å². The molecule has 138 valence electrons. The van der Waals surface area contributed by atoms with E-state index < -0.39 is 22.2 Å². The lowest BCUT2D eigenvalue weighted by atomic mass is 9.76. The zero-order chi connectivity index (χ0) is 18.0. The van der Waals surface area contributed by atoms with Gasteiger partial charge in [0.15, 0.2) is 0 Å². The molecule has 1 aromatic carbocycles. The molecule has 1 N–H and O–H groups in total. The van der Waals surface area contributed by atoms with Crippen LogP contribution in [-0.4, -0.2) is 44.4 Å². The van der Waals surface area contributed by atoms with Crippen molar-refractivity contribution in [1.29, 1.82) is 0 Å². The summed E-state index contributed by atoms with van der Waals surface area (Å²) in [6.45, 7) is 0.350. The summed E-state index contributed by atoms with van der Waals surface area (Å²) in [5.41, 5.74) is 1.17. The Morgan fingerprint density at radius 2 is 1.92 bits per heavy atom. The van der Waals surface area contributed by atoms with Crippen molar-refractivity contribution in [2.24, 2.45) is 0 Å². The summed E-state index contributed by atoms with van der Waals surface area (Å²) in [5.74, 6) is -0.152. The van der Waals surface area contributed by atoms with Crippen LogP contribution in [-0.2, 0) is 19.7 Å². The number of halogens is 1. The summed E-state index contributed by atoms with van der Waals surface area (Å²) in [7, 11) is -2.41. The molecule has 25 heavy (non-hydrogen) atoms. The van der Waals surface area contributed by atoms with Crippen molar-refractivity contribution >= 4 is 27.8 Å². The van der Waals surface area contributed by atoms with E-state index in [1.165, 1.54) is 17.0 Å². The van der Waals surface area contributed by atoms with E-state index in [4.69, 9.17) is 16.3 Å². The number of rotatable bonds is 5. The van der Waals surface area contributed by atoms with E-state index in [0.717, 1.165) is 25.7 Å². The predicted molar refractivity (Wildman–Crippen MR) is 95.6 cm³/mol. The number of carbonyl (C=O) groups is 1. The van der Waals surface area contributed by atoms with Gasteiger partial charge in [-0.25, -0.2) is 0 Å². The molecule has 0 radical (unpaired) electrons. The quantitative estimate of drug-likeness (QED) is 0.788. The van der Waals surface area contributed by atoms with E-state index in [2.05, 4.69) is 4.72 Å². The molecule has 1 aliphatic carbocycles. The van der Waals surface area contributed by atoms with Gasteiger partial charge in [-0.15, -0.1) is 0 Å². The van der Waals surface area contributed by atoms with Crippen molar-refractivity contribution in [3.05, 3.63) is 34.9 Å². The fourth-order valence-electron chi connectivity index (χ4n) is 3.56. The van der Waals surface area contributed by atoms with Crippen molar-refractivity contribution in [3.8, 4) is 0 Å². The molecular weight excluding hydrogens is 364 g/mol. The summed E-state index contributed by atoms with van der Waals surface area (Å²) < 4.78 is 34.2. The number of nitrogens with zero attached hydrogens (tertiary/aromatic N) is 1. The monoisotopic (exact) mass is 386 g/mol. The van der Waals surface area contributed by atoms with Crippen LogP contribution in [0, 0.1) is 0 Å². The fraction of sp³-hybridized carbons (Fsp3) is 0.588. The first-order chi connectivity index (χ1) is 11.9. The molecule has 0 aromatic heterocycles. The second-order valence-electron chi connectivity index (χ2n) is 6.69. The normalized spacial score (nSPS) is 27.5. The van der Waals surface area contributed by atoms with Crippen molar-refractivity contribution in [3.63, 3.8) is 0 Å². The van der Waals surface area contributed by atoms with E-state index in [1.807, 2.05) is 24.3 Å². The number of piperidine rings is 1. The van der Waals surface area contributed by atoms with Gasteiger partial charge < -0.3 is 4.74 Å². The van der Waals surface area contributed by atoms with Crippen LogP contribution in [0.15, 0.2) is 24.3 Å². The van der Waals surface area contributed by atoms with E-state index >= 15 is 0 Å². The van der Waals surface area contributed by atoms with E-state index in [1.54, 1.807) is 0 Å². The largest absolute Gasteiger partial charge is 0.468 e. The van der Waals surface area contributed by atoms with Crippen molar-refractivity contribution in [2.45, 2.75) is 50.1 Å². The van der Waals surface area contributed by atoms with Gasteiger partial charge in [-0.1, -0.05) is 23.7 Å². The van der Waals surface area contributed by atoms with Crippen LogP contribution in [0.5, 0.6) is 0 Å². The Balaban J connectivity index is 1.60. The lowest BCUT2D eigenvalue weighted by Crippen LogP contribution is -2.56. The maximum Gasteiger partial charge on any atom is 0.324 e. The number of hydrogen-bond donors (Lipinski definition) is 1. The molecule has 1 unspecified atom stereocenters. The number of carbonyl (C=O) groups excluding carboxylic acids is 1. The Hall–Kier alpha value is -1.15. The number of esters is 1. The van der Waals surface area contributed by atoms with E-state index in [-0.39, 0.29) is 6.04 Å². The molecule has 1 heterocycles. The number of benzene rings is 1. The van der Waals surface area contributed by atoms with Crippen LogP contribution in [0.4, 0.5) is 0 Å². The van der Waals surface area contributed by atoms with Gasteiger partial charge in [0.2, 0.25) is 0 Å². The second kappa shape index (κ2) is 7.61. The molecule has 1 aliphatic heterocycles. The molecule has 1 saturated carbocycles. The third-order valence-electron chi connectivity index (χ3n) is 5.03. The first-order valence-corrected chi connectivity index (χ1v) is 10.3. The van der Waals surface area contributed by atoms with Crippen molar-refractivity contribution < 1.29 is 17.9 Å². The summed E-state index contributed by atoms with van der Waals surface area (Å²) in [6, 6.07) is 6.84. The third kappa shape index (κ3) is 4.16. The van der Waals surface area contributed by atoms with Gasteiger partial charge in [0, 0.05) is 17.6 Å². The van der Waals surface area contributed by atoms with Gasteiger partial charge in [0.25, 0.3) is 10.2 Å². The second-order valence-corrected chi connectivity index (χ2v) is 8.78. The highest BCUT2D eigenvalue weighted by molar-refractivity contribution is 7.87. The Bertz CT molecular complexity index is 717. The van der Waals surface area contributed by atoms with Gasteiger partial charge in [-0.3, -0.25) is 4.79 Å². The zero-order valence-electron chi connectivity index (χ0n) is 14.2. The van der Waals surface area contributed by atoms with E-state index in [9.17, 15) is 13.2 Å². The fourth-order valence-corrected chi connectivity index (χ4v) is 5.33. The molecule has 1 aromatic rings. The molecule has 1 atom stereocenters. The standard InChI is InChI=1S/C17H23ClN2O4S/c1-24-17(21)16-4-2-3-9-20(16)25(22,23)19-15-10-13(11-15)12-5-7-14(18)8-6-12/h5-8,13,15-16,19H,2-4,9-11H2,1H3. The maximum atomic E-state index is 12.7. The van der Waals surface area contributed by atoms with Gasteiger partial charge >= 0.3 is 5.97 Å². The Kier molecular flexibility index (Phi) is 5.68. The molecule has 0 spiro atoms. The van der Waals surface area contributed by atoms with Crippen LogP contribution in [0.25, 0.3) is 0 Å². The van der Waals surface area contributed by atoms with Crippen LogP contribution in [0.2, 0.25) is 5.02 Å². The highest BCUT2D eigenvalue weighted by atomic mass is 35.5. The van der Waals surface area contributed by atoms with Gasteiger partial charge in [-0.05, 0) is 55.7 Å². The molecule has 3 rings (SSSR count). The SMILES string of the molecule is COC(=O)C1CCCCN1S(=O)(=O)NC1CC(c2ccc(Cl)cc2)C1. The minimum atomic E-state index is -3.70. The van der Waals surface area contributed by atoms with Gasteiger partial charge in [0.1, 0.15) is 6.04 Å². The number of nitrogens with one attached hydrogen (secondary N) is 1. The van der Waals surface area contributed by atoms with Crippen LogP contribution in [0.3, 0.4) is 0 Å². The smallest absolute Gasteiger partial charge is 0.324 e. The molecule has 6 nitrogen and oxygen atoms in total. The Morgan fingerprint density at radius 3 is 2.56 bits per heavy atom. The Morgan fingerprint density at radius 1 is 1.24 bits per heavy atom. The topological polar surface area (TPSA) is 75.7 Å². The minimum absolute atomic E-state index is 0.106. The van der Waals surface area contributed by atoms with Gasteiger partial charge in [0.05, 0.1) is 7.11 Å². The molecule has 0 amide bonds. The average Bonchev–Trinajstić information content (AvgIpc) is 2.58. The van der Waals surface area contributed by atoms with Crippen LogP contribution in [0.1, 0.15) is 43.6 Å². The first kappa shape index (κ1) is 18.6. The van der Waals surface area contributed by atoms with Crippen LogP contribution >= 0.6 is 11.6 Å². The van der Waals surface area contributed by atoms with Crippen molar-refractivity contribution in [1.82, 2.24) is 9.03 Å². The summed E-state index contributed by atoms with van der Waals surface area (Å²) in [5, 5.41) is 0.694. The lowest BCUT2D eigenvalue weighted by molar-refractivity contribution is -0.146. The maximum absolute atomic E-state index is 12.7.